The molecule has 0 N–H and O–H groups in total. The Hall–Kier alpha value is -2.26. The van der Waals surface area contributed by atoms with E-state index in [4.69, 9.17) is 14.2 Å². The summed E-state index contributed by atoms with van der Waals surface area (Å²) in [7, 11) is 0. The molecule has 3 aliphatic rings. The van der Waals surface area contributed by atoms with Crippen molar-refractivity contribution in [2.45, 2.75) is 38.0 Å². The van der Waals surface area contributed by atoms with Crippen LogP contribution < -0.4 is 9.47 Å². The number of carbonyl (C=O) groups excluding carboxylic acids is 1. The average molecular weight is 385 g/mol. The van der Waals surface area contributed by atoms with Crippen LogP contribution in [0.25, 0.3) is 5.70 Å². The van der Waals surface area contributed by atoms with Crippen LogP contribution in [0.1, 0.15) is 25.3 Å². The van der Waals surface area contributed by atoms with Gasteiger partial charge in [0.1, 0.15) is 11.5 Å². The van der Waals surface area contributed by atoms with Crippen molar-refractivity contribution in [1.82, 2.24) is 4.90 Å². The predicted octanol–water partition coefficient (Wildman–Crippen LogP) is 3.07. The van der Waals surface area contributed by atoms with Gasteiger partial charge in [-0.15, -0.1) is 13.2 Å². The molecule has 4 rings (SSSR count). The zero-order valence-electron chi connectivity index (χ0n) is 14.5. The van der Waals surface area contributed by atoms with Crippen LogP contribution in [0.2, 0.25) is 0 Å². The van der Waals surface area contributed by atoms with Crippen molar-refractivity contribution in [3.8, 4) is 11.5 Å². The molecule has 1 atom stereocenters. The molecule has 9 heteroatoms. The maximum absolute atomic E-state index is 12.6. The van der Waals surface area contributed by atoms with Gasteiger partial charge in [-0.3, -0.25) is 4.79 Å². The zero-order valence-corrected chi connectivity index (χ0v) is 14.5. The Morgan fingerprint density at radius 2 is 2.00 bits per heavy atom. The van der Waals surface area contributed by atoms with Gasteiger partial charge in [0.05, 0.1) is 18.9 Å². The quantitative estimate of drug-likeness (QED) is 0.801. The summed E-state index contributed by atoms with van der Waals surface area (Å²) < 4.78 is 59.0. The van der Waals surface area contributed by atoms with Crippen LogP contribution in [-0.4, -0.2) is 48.8 Å². The number of hydrogen-bond acceptors (Lipinski definition) is 5. The van der Waals surface area contributed by atoms with Gasteiger partial charge in [-0.05, 0) is 37.6 Å². The molecule has 0 aliphatic carbocycles. The molecular formula is C18H18F3NO5. The molecule has 1 amide bonds. The molecule has 2 fully saturated rings. The van der Waals surface area contributed by atoms with E-state index in [0.29, 0.717) is 49.6 Å². The first-order valence-corrected chi connectivity index (χ1v) is 8.61. The summed E-state index contributed by atoms with van der Waals surface area (Å²) in [5.74, 6) is -0.130. The lowest BCUT2D eigenvalue weighted by Crippen LogP contribution is -2.47. The summed E-state index contributed by atoms with van der Waals surface area (Å²) in [6.45, 7) is 3.07. The first kappa shape index (κ1) is 18.1. The van der Waals surface area contributed by atoms with Crippen LogP contribution in [0.5, 0.6) is 11.5 Å². The molecule has 0 saturated carbocycles. The molecular weight excluding hydrogens is 367 g/mol. The van der Waals surface area contributed by atoms with Gasteiger partial charge in [-0.25, -0.2) is 0 Å². The van der Waals surface area contributed by atoms with E-state index in [1.807, 2.05) is 0 Å². The summed E-state index contributed by atoms with van der Waals surface area (Å²) >= 11 is 0. The maximum Gasteiger partial charge on any atom is 0.573 e. The van der Waals surface area contributed by atoms with Crippen molar-refractivity contribution < 1.29 is 36.9 Å². The second-order valence-electron chi connectivity index (χ2n) is 6.74. The Bertz CT molecular complexity index is 788. The third-order valence-electron chi connectivity index (χ3n) is 4.67. The second kappa shape index (κ2) is 6.42. The Morgan fingerprint density at radius 1 is 1.26 bits per heavy atom. The number of amides is 1. The number of carbonyl (C=O) groups is 1. The summed E-state index contributed by atoms with van der Waals surface area (Å²) in [4.78, 5) is 13.9. The molecule has 3 aliphatic heterocycles. The highest BCUT2D eigenvalue weighted by molar-refractivity contribution is 5.90. The topological polar surface area (TPSA) is 57.2 Å². The van der Waals surface area contributed by atoms with Crippen LogP contribution >= 0.6 is 0 Å². The molecule has 3 heterocycles. The van der Waals surface area contributed by atoms with Gasteiger partial charge in [-0.2, -0.15) is 0 Å². The number of nitrogens with zero attached hydrogens (tertiary/aromatic N) is 1. The lowest BCUT2D eigenvalue weighted by Gasteiger charge is -2.38. The monoisotopic (exact) mass is 385 g/mol. The molecule has 1 aromatic rings. The Balaban J connectivity index is 1.77. The van der Waals surface area contributed by atoms with Crippen molar-refractivity contribution in [1.29, 1.82) is 0 Å². The van der Waals surface area contributed by atoms with E-state index in [9.17, 15) is 18.0 Å². The predicted molar refractivity (Wildman–Crippen MR) is 86.8 cm³/mol. The van der Waals surface area contributed by atoms with E-state index in [1.54, 1.807) is 17.9 Å². The second-order valence-corrected chi connectivity index (χ2v) is 6.74. The van der Waals surface area contributed by atoms with E-state index >= 15 is 0 Å². The molecule has 0 spiro atoms. The van der Waals surface area contributed by atoms with Crippen LogP contribution in [0, 0.1) is 0 Å². The van der Waals surface area contributed by atoms with Gasteiger partial charge in [0.2, 0.25) is 12.2 Å². The van der Waals surface area contributed by atoms with Crippen LogP contribution in [0.15, 0.2) is 24.3 Å². The van der Waals surface area contributed by atoms with Crippen molar-refractivity contribution in [2.24, 2.45) is 0 Å². The first-order valence-electron chi connectivity index (χ1n) is 8.61. The lowest BCUT2D eigenvalue weighted by molar-refractivity contribution is -0.274. The van der Waals surface area contributed by atoms with Crippen molar-refractivity contribution in [3.63, 3.8) is 0 Å². The molecule has 27 heavy (non-hydrogen) atoms. The minimum atomic E-state index is -4.81. The molecule has 1 aromatic carbocycles. The summed E-state index contributed by atoms with van der Waals surface area (Å²) in [6.07, 6.45) is -2.73. The lowest BCUT2D eigenvalue weighted by atomic mass is 9.96. The minimum Gasteiger partial charge on any atom is -0.477 e. The van der Waals surface area contributed by atoms with Gasteiger partial charge in [0.15, 0.2) is 5.60 Å². The SMILES string of the molecule is CC1(C2OCCO2)C=C(N2CCCC2=O)c2cc(OC(F)(F)F)ccc2O1. The van der Waals surface area contributed by atoms with Gasteiger partial charge in [-0.1, -0.05) is 0 Å². The van der Waals surface area contributed by atoms with Gasteiger partial charge >= 0.3 is 6.36 Å². The van der Waals surface area contributed by atoms with Gasteiger partial charge < -0.3 is 23.8 Å². The summed E-state index contributed by atoms with van der Waals surface area (Å²) in [5.41, 5.74) is -0.177. The molecule has 0 aromatic heterocycles. The van der Waals surface area contributed by atoms with Gasteiger partial charge in [0.25, 0.3) is 0 Å². The average Bonchev–Trinajstić information content (AvgIpc) is 3.25. The number of fused-ring (bicyclic) bond motifs is 1. The Morgan fingerprint density at radius 3 is 2.63 bits per heavy atom. The largest absolute Gasteiger partial charge is 0.573 e. The Kier molecular flexibility index (Phi) is 4.31. The number of alkyl halides is 3. The van der Waals surface area contributed by atoms with E-state index < -0.39 is 18.3 Å². The number of rotatable bonds is 3. The normalized spacial score (nSPS) is 26.0. The van der Waals surface area contributed by atoms with E-state index in [1.165, 1.54) is 18.2 Å². The third-order valence-corrected chi connectivity index (χ3v) is 4.67. The van der Waals surface area contributed by atoms with Crippen molar-refractivity contribution in [2.75, 3.05) is 19.8 Å². The maximum atomic E-state index is 12.6. The number of likely N-dealkylation sites (tertiary alicyclic amines) is 1. The minimum absolute atomic E-state index is 0.0909. The first-order chi connectivity index (χ1) is 12.8. The fraction of sp³-hybridized carbons (Fsp3) is 0.500. The number of benzene rings is 1. The highest BCUT2D eigenvalue weighted by Crippen LogP contribution is 2.43. The van der Waals surface area contributed by atoms with Crippen molar-refractivity contribution in [3.05, 3.63) is 29.8 Å². The van der Waals surface area contributed by atoms with Gasteiger partial charge in [0, 0.05) is 18.5 Å². The number of hydrogen-bond donors (Lipinski definition) is 0. The molecule has 2 saturated heterocycles. The third kappa shape index (κ3) is 3.49. The van der Waals surface area contributed by atoms with Crippen LogP contribution in [-0.2, 0) is 14.3 Å². The van der Waals surface area contributed by atoms with Crippen LogP contribution in [0.4, 0.5) is 13.2 Å². The van der Waals surface area contributed by atoms with Crippen LogP contribution in [0.3, 0.4) is 0 Å². The zero-order chi connectivity index (χ0) is 19.2. The molecule has 1 unspecified atom stereocenters. The fourth-order valence-electron chi connectivity index (χ4n) is 3.54. The molecule has 0 radical (unpaired) electrons. The standard InChI is InChI=1S/C18H18F3NO5/c1-17(16-24-7-8-25-16)10-13(22-6-2-3-15(22)23)12-9-11(26-18(19,20)21)4-5-14(12)27-17/h4-5,9-10,16H,2-3,6-8H2,1H3. The molecule has 0 bridgehead atoms. The molecule has 6 nitrogen and oxygen atoms in total. The fourth-order valence-corrected chi connectivity index (χ4v) is 3.54. The van der Waals surface area contributed by atoms with E-state index in [2.05, 4.69) is 4.74 Å². The highest BCUT2D eigenvalue weighted by Gasteiger charge is 2.44. The summed E-state index contributed by atoms with van der Waals surface area (Å²) in [6, 6.07) is 3.81. The number of ether oxygens (including phenoxy) is 4. The van der Waals surface area contributed by atoms with Crippen molar-refractivity contribution >= 4 is 11.6 Å². The van der Waals surface area contributed by atoms with E-state index in [0.717, 1.165) is 0 Å². The highest BCUT2D eigenvalue weighted by atomic mass is 19.4. The number of halogens is 3. The smallest absolute Gasteiger partial charge is 0.477 e. The summed E-state index contributed by atoms with van der Waals surface area (Å²) in [5, 5.41) is 0. The molecule has 146 valence electrons. The Labute approximate surface area is 153 Å². The van der Waals surface area contributed by atoms with E-state index in [-0.39, 0.29) is 11.7 Å².